The smallest absolute Gasteiger partial charge is 0.224 e. The molecule has 2 rings (SSSR count). The molecule has 2 aromatic carbocycles. The van der Waals surface area contributed by atoms with Gasteiger partial charge in [-0.2, -0.15) is 0 Å². The maximum atomic E-state index is 11.3. The van der Waals surface area contributed by atoms with E-state index in [1.807, 2.05) is 24.3 Å². The van der Waals surface area contributed by atoms with Crippen LogP contribution in [0.2, 0.25) is 0 Å². The standard InChI is InChI=1S/C17H19BrN2O/c1-12-3-6-14(16(18)9-12)11-20-15-7-4-13(5-8-15)10-17(21)19-2/h3-9,20H,10-11H2,1-2H3,(H,19,21). The van der Waals surface area contributed by atoms with Crippen LogP contribution in [0.5, 0.6) is 0 Å². The number of carbonyl (C=O) groups excluding carboxylic acids is 1. The second kappa shape index (κ2) is 7.27. The maximum Gasteiger partial charge on any atom is 0.224 e. The van der Waals surface area contributed by atoms with Gasteiger partial charge in [0.25, 0.3) is 0 Å². The fraction of sp³-hybridized carbons (Fsp3) is 0.235. The molecule has 0 bridgehead atoms. The van der Waals surface area contributed by atoms with Crippen LogP contribution in [-0.2, 0) is 17.8 Å². The summed E-state index contributed by atoms with van der Waals surface area (Å²) in [5.41, 5.74) is 4.51. The highest BCUT2D eigenvalue weighted by molar-refractivity contribution is 9.10. The predicted molar refractivity (Wildman–Crippen MR) is 90.4 cm³/mol. The first kappa shape index (κ1) is 15.6. The minimum Gasteiger partial charge on any atom is -0.381 e. The molecule has 110 valence electrons. The van der Waals surface area contributed by atoms with Crippen molar-refractivity contribution in [3.05, 3.63) is 63.6 Å². The highest BCUT2D eigenvalue weighted by Gasteiger charge is 2.02. The molecule has 0 aliphatic carbocycles. The summed E-state index contributed by atoms with van der Waals surface area (Å²) in [4.78, 5) is 11.3. The van der Waals surface area contributed by atoms with Gasteiger partial charge < -0.3 is 10.6 Å². The molecule has 0 saturated carbocycles. The molecule has 1 amide bonds. The van der Waals surface area contributed by atoms with Crippen LogP contribution in [0.15, 0.2) is 46.9 Å². The van der Waals surface area contributed by atoms with Crippen LogP contribution in [-0.4, -0.2) is 13.0 Å². The van der Waals surface area contributed by atoms with Crippen molar-refractivity contribution in [1.29, 1.82) is 0 Å². The molecule has 2 aromatic rings. The van der Waals surface area contributed by atoms with Gasteiger partial charge in [-0.1, -0.05) is 40.2 Å². The van der Waals surface area contributed by atoms with E-state index in [9.17, 15) is 4.79 Å². The van der Waals surface area contributed by atoms with Gasteiger partial charge in [0.2, 0.25) is 5.91 Å². The van der Waals surface area contributed by atoms with E-state index in [1.54, 1.807) is 7.05 Å². The van der Waals surface area contributed by atoms with Gasteiger partial charge in [-0.05, 0) is 41.8 Å². The Balaban J connectivity index is 1.96. The monoisotopic (exact) mass is 346 g/mol. The summed E-state index contributed by atoms with van der Waals surface area (Å²) < 4.78 is 1.12. The van der Waals surface area contributed by atoms with Crippen molar-refractivity contribution in [2.75, 3.05) is 12.4 Å². The highest BCUT2D eigenvalue weighted by atomic mass is 79.9. The Bertz CT molecular complexity index is 623. The van der Waals surface area contributed by atoms with E-state index >= 15 is 0 Å². The van der Waals surface area contributed by atoms with Crippen LogP contribution >= 0.6 is 15.9 Å². The number of hydrogen-bond acceptors (Lipinski definition) is 2. The Hall–Kier alpha value is -1.81. The van der Waals surface area contributed by atoms with Crippen molar-refractivity contribution < 1.29 is 4.79 Å². The van der Waals surface area contributed by atoms with Gasteiger partial charge in [-0.15, -0.1) is 0 Å². The van der Waals surface area contributed by atoms with Crippen LogP contribution in [0, 0.1) is 6.92 Å². The number of amides is 1. The molecule has 2 N–H and O–H groups in total. The summed E-state index contributed by atoms with van der Waals surface area (Å²) in [6.07, 6.45) is 0.417. The lowest BCUT2D eigenvalue weighted by Gasteiger charge is -2.09. The summed E-state index contributed by atoms with van der Waals surface area (Å²) in [6.45, 7) is 2.84. The van der Waals surface area contributed by atoms with Crippen molar-refractivity contribution in [2.45, 2.75) is 19.9 Å². The summed E-state index contributed by atoms with van der Waals surface area (Å²) in [7, 11) is 1.65. The van der Waals surface area contributed by atoms with Gasteiger partial charge in [-0.3, -0.25) is 4.79 Å². The molecule has 4 heteroatoms. The van der Waals surface area contributed by atoms with Gasteiger partial charge in [0, 0.05) is 23.8 Å². The zero-order chi connectivity index (χ0) is 15.2. The minimum absolute atomic E-state index is 0.0271. The molecular weight excluding hydrogens is 328 g/mol. The van der Waals surface area contributed by atoms with Crippen LogP contribution in [0.25, 0.3) is 0 Å². The lowest BCUT2D eigenvalue weighted by Crippen LogP contribution is -2.19. The van der Waals surface area contributed by atoms with E-state index < -0.39 is 0 Å². The van der Waals surface area contributed by atoms with E-state index in [4.69, 9.17) is 0 Å². The molecule has 0 aromatic heterocycles. The fourth-order valence-corrected chi connectivity index (χ4v) is 2.64. The van der Waals surface area contributed by atoms with E-state index in [2.05, 4.69) is 51.7 Å². The van der Waals surface area contributed by atoms with Crippen LogP contribution in [0.4, 0.5) is 5.69 Å². The number of hydrogen-bond donors (Lipinski definition) is 2. The maximum absolute atomic E-state index is 11.3. The number of halogens is 1. The average molecular weight is 347 g/mol. The zero-order valence-corrected chi connectivity index (χ0v) is 13.8. The lowest BCUT2D eigenvalue weighted by atomic mass is 10.1. The first-order valence-electron chi connectivity index (χ1n) is 6.87. The third-order valence-corrected chi connectivity index (χ3v) is 4.03. The number of anilines is 1. The number of benzene rings is 2. The summed E-state index contributed by atoms with van der Waals surface area (Å²) in [5.74, 6) is 0.0271. The van der Waals surface area contributed by atoms with E-state index in [0.717, 1.165) is 22.3 Å². The molecule has 21 heavy (non-hydrogen) atoms. The molecule has 3 nitrogen and oxygen atoms in total. The predicted octanol–water partition coefficient (Wildman–Crippen LogP) is 3.66. The third-order valence-electron chi connectivity index (χ3n) is 3.29. The van der Waals surface area contributed by atoms with E-state index in [1.165, 1.54) is 11.1 Å². The van der Waals surface area contributed by atoms with Gasteiger partial charge in [0.15, 0.2) is 0 Å². The number of aryl methyl sites for hydroxylation is 1. The molecule has 0 radical (unpaired) electrons. The van der Waals surface area contributed by atoms with Crippen LogP contribution in [0.3, 0.4) is 0 Å². The van der Waals surface area contributed by atoms with Crippen LogP contribution in [0.1, 0.15) is 16.7 Å². The molecule has 0 heterocycles. The highest BCUT2D eigenvalue weighted by Crippen LogP contribution is 2.20. The molecule has 0 unspecified atom stereocenters. The quantitative estimate of drug-likeness (QED) is 0.867. The summed E-state index contributed by atoms with van der Waals surface area (Å²) in [6, 6.07) is 14.3. The Morgan fingerprint density at radius 3 is 2.48 bits per heavy atom. The number of nitrogens with one attached hydrogen (secondary N) is 2. The fourth-order valence-electron chi connectivity index (χ4n) is 2.01. The number of likely N-dealkylation sites (N-methyl/N-ethyl adjacent to an activating group) is 1. The van der Waals surface area contributed by atoms with Crippen molar-refractivity contribution in [3.63, 3.8) is 0 Å². The normalized spacial score (nSPS) is 10.2. The van der Waals surface area contributed by atoms with Crippen molar-refractivity contribution in [3.8, 4) is 0 Å². The molecule has 0 fully saturated rings. The average Bonchev–Trinajstić information content (AvgIpc) is 2.48. The van der Waals surface area contributed by atoms with E-state index in [0.29, 0.717) is 6.42 Å². The van der Waals surface area contributed by atoms with Crippen molar-refractivity contribution in [1.82, 2.24) is 5.32 Å². The van der Waals surface area contributed by atoms with Gasteiger partial charge in [0.05, 0.1) is 6.42 Å². The number of carbonyl (C=O) groups is 1. The Morgan fingerprint density at radius 2 is 1.86 bits per heavy atom. The minimum atomic E-state index is 0.0271. The summed E-state index contributed by atoms with van der Waals surface area (Å²) >= 11 is 3.58. The molecule has 0 spiro atoms. The first-order valence-corrected chi connectivity index (χ1v) is 7.66. The van der Waals surface area contributed by atoms with Crippen molar-refractivity contribution in [2.24, 2.45) is 0 Å². The van der Waals surface area contributed by atoms with Gasteiger partial charge in [-0.25, -0.2) is 0 Å². The lowest BCUT2D eigenvalue weighted by molar-refractivity contribution is -0.119. The Morgan fingerprint density at radius 1 is 1.14 bits per heavy atom. The molecule has 0 aliphatic rings. The zero-order valence-electron chi connectivity index (χ0n) is 12.2. The Kier molecular flexibility index (Phi) is 5.39. The van der Waals surface area contributed by atoms with E-state index in [-0.39, 0.29) is 5.91 Å². The topological polar surface area (TPSA) is 41.1 Å². The van der Waals surface area contributed by atoms with Gasteiger partial charge in [0.1, 0.15) is 0 Å². The molecule has 0 saturated heterocycles. The largest absolute Gasteiger partial charge is 0.381 e. The molecule has 0 atom stereocenters. The van der Waals surface area contributed by atoms with Gasteiger partial charge >= 0.3 is 0 Å². The van der Waals surface area contributed by atoms with Crippen molar-refractivity contribution >= 4 is 27.5 Å². The Labute approximate surface area is 133 Å². The second-order valence-electron chi connectivity index (χ2n) is 5.00. The third kappa shape index (κ3) is 4.60. The second-order valence-corrected chi connectivity index (χ2v) is 5.85. The molecular formula is C17H19BrN2O. The summed E-state index contributed by atoms with van der Waals surface area (Å²) in [5, 5.41) is 6.01. The van der Waals surface area contributed by atoms with Crippen LogP contribution < -0.4 is 10.6 Å². The number of rotatable bonds is 5. The SMILES string of the molecule is CNC(=O)Cc1ccc(NCc2ccc(C)cc2Br)cc1. The first-order chi connectivity index (χ1) is 10.1. The molecule has 0 aliphatic heterocycles.